The van der Waals surface area contributed by atoms with Crippen molar-refractivity contribution in [3.8, 4) is 0 Å². The molecule has 0 fully saturated rings. The Kier molecular flexibility index (Phi) is 4.23. The number of carbonyl (C=O) groups is 1. The largest absolute Gasteiger partial charge is 0.352 e. The Labute approximate surface area is 110 Å². The molecule has 0 radical (unpaired) electrons. The molecule has 0 bridgehead atoms. The summed E-state index contributed by atoms with van der Waals surface area (Å²) >= 11 is 0. The van der Waals surface area contributed by atoms with Crippen LogP contribution in [-0.4, -0.2) is 12.5 Å². The van der Waals surface area contributed by atoms with E-state index in [1.54, 1.807) is 18.2 Å². The van der Waals surface area contributed by atoms with Crippen molar-refractivity contribution in [3.05, 3.63) is 71.3 Å². The van der Waals surface area contributed by atoms with E-state index < -0.39 is 11.7 Å². The zero-order valence-corrected chi connectivity index (χ0v) is 10.2. The van der Waals surface area contributed by atoms with Gasteiger partial charge in [-0.3, -0.25) is 4.79 Å². The minimum Gasteiger partial charge on any atom is -0.352 e. The highest BCUT2D eigenvalue weighted by Gasteiger charge is 2.09. The van der Waals surface area contributed by atoms with Crippen LogP contribution in [-0.2, 0) is 6.42 Å². The lowest BCUT2D eigenvalue weighted by molar-refractivity contribution is 0.0950. The summed E-state index contributed by atoms with van der Waals surface area (Å²) in [6.45, 7) is 0.374. The number of nitrogens with one attached hydrogen (secondary N) is 1. The maximum atomic E-state index is 13.3. The molecule has 0 heterocycles. The minimum absolute atomic E-state index is 0.0293. The Bertz CT molecular complexity index is 567. The molecule has 2 aromatic rings. The van der Waals surface area contributed by atoms with Crippen molar-refractivity contribution in [2.24, 2.45) is 0 Å². The molecule has 4 heteroatoms. The van der Waals surface area contributed by atoms with Gasteiger partial charge in [0.1, 0.15) is 11.6 Å². The van der Waals surface area contributed by atoms with Gasteiger partial charge in [0.25, 0.3) is 5.91 Å². The fourth-order valence-corrected chi connectivity index (χ4v) is 1.71. The van der Waals surface area contributed by atoms with Crippen LogP contribution in [0.5, 0.6) is 0 Å². The first kappa shape index (κ1) is 13.2. The maximum absolute atomic E-state index is 13.3. The van der Waals surface area contributed by atoms with Crippen molar-refractivity contribution in [2.45, 2.75) is 6.42 Å². The Morgan fingerprint density at radius 1 is 1.00 bits per heavy atom. The second-order valence-corrected chi connectivity index (χ2v) is 4.11. The number of hydrogen-bond donors (Lipinski definition) is 1. The highest BCUT2D eigenvalue weighted by Crippen LogP contribution is 2.06. The summed E-state index contributed by atoms with van der Waals surface area (Å²) in [5.41, 5.74) is 0.942. The van der Waals surface area contributed by atoms with E-state index in [1.165, 1.54) is 30.3 Å². The van der Waals surface area contributed by atoms with Gasteiger partial charge in [0, 0.05) is 6.54 Å². The van der Waals surface area contributed by atoms with Gasteiger partial charge in [-0.2, -0.15) is 0 Å². The van der Waals surface area contributed by atoms with E-state index in [2.05, 4.69) is 5.32 Å². The first-order valence-corrected chi connectivity index (χ1v) is 5.94. The molecule has 0 aliphatic rings. The van der Waals surface area contributed by atoms with Crippen LogP contribution in [0.25, 0.3) is 0 Å². The Morgan fingerprint density at radius 2 is 1.68 bits per heavy atom. The molecule has 0 saturated heterocycles. The molecule has 2 nitrogen and oxygen atoms in total. The first-order chi connectivity index (χ1) is 9.16. The molecule has 0 aromatic heterocycles. The number of benzene rings is 2. The molecule has 1 N–H and O–H groups in total. The summed E-state index contributed by atoms with van der Waals surface area (Å²) in [7, 11) is 0. The van der Waals surface area contributed by atoms with Crippen molar-refractivity contribution < 1.29 is 13.6 Å². The quantitative estimate of drug-likeness (QED) is 0.900. The molecular formula is C15H13F2NO. The van der Waals surface area contributed by atoms with Crippen LogP contribution in [0.4, 0.5) is 8.78 Å². The van der Waals surface area contributed by atoms with Gasteiger partial charge in [-0.25, -0.2) is 8.78 Å². The van der Waals surface area contributed by atoms with E-state index in [4.69, 9.17) is 0 Å². The summed E-state index contributed by atoms with van der Waals surface area (Å²) < 4.78 is 26.0. The lowest BCUT2D eigenvalue weighted by Crippen LogP contribution is -2.26. The summed E-state index contributed by atoms with van der Waals surface area (Å²) in [6, 6.07) is 11.9. The number of rotatable bonds is 4. The predicted octanol–water partition coefficient (Wildman–Crippen LogP) is 2.94. The Morgan fingerprint density at radius 3 is 2.37 bits per heavy atom. The molecule has 0 spiro atoms. The maximum Gasteiger partial charge on any atom is 0.254 e. The monoisotopic (exact) mass is 261 g/mol. The van der Waals surface area contributed by atoms with Gasteiger partial charge in [-0.1, -0.05) is 24.3 Å². The first-order valence-electron chi connectivity index (χ1n) is 5.94. The third kappa shape index (κ3) is 3.61. The van der Waals surface area contributed by atoms with Gasteiger partial charge in [-0.05, 0) is 36.2 Å². The summed E-state index contributed by atoms with van der Waals surface area (Å²) in [6.07, 6.45) is 0.570. The van der Waals surface area contributed by atoms with Crippen LogP contribution in [0.3, 0.4) is 0 Å². The highest BCUT2D eigenvalue weighted by atomic mass is 19.1. The predicted molar refractivity (Wildman–Crippen MR) is 68.8 cm³/mol. The van der Waals surface area contributed by atoms with Gasteiger partial charge < -0.3 is 5.32 Å². The number of carbonyl (C=O) groups excluding carboxylic acids is 1. The van der Waals surface area contributed by atoms with Crippen molar-refractivity contribution in [1.82, 2.24) is 5.32 Å². The molecule has 0 saturated carbocycles. The molecule has 2 aromatic carbocycles. The standard InChI is InChI=1S/C15H13F2NO/c16-12-7-5-11(6-8-12)9-10-18-15(19)13-3-1-2-4-14(13)17/h1-8H,9-10H2,(H,18,19). The second kappa shape index (κ2) is 6.09. The Balaban J connectivity index is 1.88. The van der Waals surface area contributed by atoms with Crippen LogP contribution < -0.4 is 5.32 Å². The van der Waals surface area contributed by atoms with Crippen molar-refractivity contribution in [3.63, 3.8) is 0 Å². The second-order valence-electron chi connectivity index (χ2n) is 4.11. The van der Waals surface area contributed by atoms with Gasteiger partial charge in [0.2, 0.25) is 0 Å². The zero-order valence-electron chi connectivity index (χ0n) is 10.2. The smallest absolute Gasteiger partial charge is 0.254 e. The van der Waals surface area contributed by atoms with E-state index in [9.17, 15) is 13.6 Å². The van der Waals surface area contributed by atoms with Gasteiger partial charge in [0.05, 0.1) is 5.56 Å². The SMILES string of the molecule is O=C(NCCc1ccc(F)cc1)c1ccccc1F. The molecule has 98 valence electrons. The fourth-order valence-electron chi connectivity index (χ4n) is 1.71. The molecular weight excluding hydrogens is 248 g/mol. The zero-order chi connectivity index (χ0) is 13.7. The van der Waals surface area contributed by atoms with Crippen LogP contribution in [0, 0.1) is 11.6 Å². The van der Waals surface area contributed by atoms with Crippen LogP contribution in [0.2, 0.25) is 0 Å². The van der Waals surface area contributed by atoms with Crippen LogP contribution in [0.15, 0.2) is 48.5 Å². The molecule has 1 amide bonds. The van der Waals surface area contributed by atoms with E-state index in [0.717, 1.165) is 5.56 Å². The van der Waals surface area contributed by atoms with E-state index in [0.29, 0.717) is 13.0 Å². The molecule has 2 rings (SSSR count). The van der Waals surface area contributed by atoms with Crippen molar-refractivity contribution in [1.29, 1.82) is 0 Å². The normalized spacial score (nSPS) is 10.2. The lowest BCUT2D eigenvalue weighted by Gasteiger charge is -2.06. The molecule has 0 aliphatic heterocycles. The summed E-state index contributed by atoms with van der Waals surface area (Å²) in [5.74, 6) is -1.28. The van der Waals surface area contributed by atoms with Crippen LogP contribution >= 0.6 is 0 Å². The third-order valence-corrected chi connectivity index (χ3v) is 2.73. The number of amides is 1. The van der Waals surface area contributed by atoms with E-state index in [-0.39, 0.29) is 11.4 Å². The topological polar surface area (TPSA) is 29.1 Å². The number of hydrogen-bond acceptors (Lipinski definition) is 1. The highest BCUT2D eigenvalue weighted by molar-refractivity contribution is 5.94. The van der Waals surface area contributed by atoms with Crippen molar-refractivity contribution >= 4 is 5.91 Å². The average Bonchev–Trinajstić information content (AvgIpc) is 2.41. The summed E-state index contributed by atoms with van der Waals surface area (Å²) in [4.78, 5) is 11.7. The van der Waals surface area contributed by atoms with Crippen LogP contribution in [0.1, 0.15) is 15.9 Å². The Hall–Kier alpha value is -2.23. The fraction of sp³-hybridized carbons (Fsp3) is 0.133. The van der Waals surface area contributed by atoms with Crippen molar-refractivity contribution in [2.75, 3.05) is 6.54 Å². The van der Waals surface area contributed by atoms with Gasteiger partial charge >= 0.3 is 0 Å². The van der Waals surface area contributed by atoms with E-state index in [1.807, 2.05) is 0 Å². The van der Waals surface area contributed by atoms with Gasteiger partial charge in [0.15, 0.2) is 0 Å². The average molecular weight is 261 g/mol. The van der Waals surface area contributed by atoms with E-state index >= 15 is 0 Å². The molecule has 0 unspecified atom stereocenters. The van der Waals surface area contributed by atoms with Gasteiger partial charge in [-0.15, -0.1) is 0 Å². The number of halogens is 2. The summed E-state index contributed by atoms with van der Waals surface area (Å²) in [5, 5.41) is 2.63. The molecule has 0 aliphatic carbocycles. The molecule has 19 heavy (non-hydrogen) atoms. The minimum atomic E-state index is -0.540. The lowest BCUT2D eigenvalue weighted by atomic mass is 10.1. The molecule has 0 atom stereocenters. The third-order valence-electron chi connectivity index (χ3n) is 2.73.